The molecule has 0 aromatic rings. The molecular weight excluding hydrogens is 132 g/mol. The van der Waals surface area contributed by atoms with Crippen LogP contribution in [-0.2, 0) is 5.11 Å². The molecular formula is C3H2BrO. The van der Waals surface area contributed by atoms with Gasteiger partial charge in [-0.1, -0.05) is 5.92 Å². The Hall–Kier alpha value is 0. The molecule has 0 saturated carbocycles. The predicted molar refractivity (Wildman–Crippen MR) is 22.3 cm³/mol. The zero-order valence-corrected chi connectivity index (χ0v) is 4.08. The molecule has 0 bridgehead atoms. The quantitative estimate of drug-likeness (QED) is 0.436. The maximum Gasteiger partial charge on any atom is 0.144 e. The second-order valence-corrected chi connectivity index (χ2v) is 0.812. The van der Waals surface area contributed by atoms with Gasteiger partial charge in [0.1, 0.15) is 6.61 Å². The molecule has 0 aliphatic rings. The van der Waals surface area contributed by atoms with Crippen molar-refractivity contribution in [2.75, 3.05) is 6.61 Å². The first-order valence-electron chi connectivity index (χ1n) is 1.08. The van der Waals surface area contributed by atoms with Gasteiger partial charge in [-0.2, -0.15) is 0 Å². The van der Waals surface area contributed by atoms with E-state index in [2.05, 4.69) is 26.7 Å². The molecule has 0 N–H and O–H groups in total. The van der Waals surface area contributed by atoms with Crippen molar-refractivity contribution in [3.05, 3.63) is 0 Å². The fourth-order valence-corrected chi connectivity index (χ4v) is 0.142. The number of halogens is 1. The van der Waals surface area contributed by atoms with Gasteiger partial charge in [-0.25, -0.2) is 5.11 Å². The normalized spacial score (nSPS) is 5.20. The van der Waals surface area contributed by atoms with Crippen molar-refractivity contribution >= 4 is 15.9 Å². The lowest BCUT2D eigenvalue weighted by Gasteiger charge is -1.53. The molecule has 5 heavy (non-hydrogen) atoms. The van der Waals surface area contributed by atoms with Crippen LogP contribution in [-0.4, -0.2) is 6.61 Å². The second kappa shape index (κ2) is 4.00. The van der Waals surface area contributed by atoms with Gasteiger partial charge in [0.05, 0.1) is 0 Å². The molecule has 0 fully saturated rings. The SMILES string of the molecule is [O]CC#CBr. The van der Waals surface area contributed by atoms with Gasteiger partial charge in [0.15, 0.2) is 0 Å². The third-order valence-electron chi connectivity index (χ3n) is 0.139. The molecule has 0 spiro atoms. The molecule has 0 amide bonds. The van der Waals surface area contributed by atoms with E-state index in [1.807, 2.05) is 0 Å². The summed E-state index contributed by atoms with van der Waals surface area (Å²) in [6.45, 7) is -0.314. The van der Waals surface area contributed by atoms with Crippen molar-refractivity contribution in [3.63, 3.8) is 0 Å². The molecule has 0 aromatic carbocycles. The van der Waals surface area contributed by atoms with Crippen LogP contribution in [0.2, 0.25) is 0 Å². The molecule has 0 aliphatic heterocycles. The largest absolute Gasteiger partial charge is 0.223 e. The van der Waals surface area contributed by atoms with E-state index in [1.165, 1.54) is 0 Å². The van der Waals surface area contributed by atoms with E-state index in [4.69, 9.17) is 0 Å². The topological polar surface area (TPSA) is 19.9 Å². The summed E-state index contributed by atoms with van der Waals surface area (Å²) in [6.07, 6.45) is 0. The Kier molecular flexibility index (Phi) is 4.00. The molecule has 0 heterocycles. The molecule has 0 unspecified atom stereocenters. The molecule has 0 aromatic heterocycles. The first kappa shape index (κ1) is 5.00. The van der Waals surface area contributed by atoms with Gasteiger partial charge in [0, 0.05) is 15.9 Å². The first-order valence-corrected chi connectivity index (χ1v) is 1.87. The summed E-state index contributed by atoms with van der Waals surface area (Å²) in [5.74, 6) is 2.22. The van der Waals surface area contributed by atoms with Gasteiger partial charge >= 0.3 is 0 Å². The Morgan fingerprint density at radius 1 is 1.80 bits per heavy atom. The maximum atomic E-state index is 9.33. The Morgan fingerprint density at radius 3 is 2.40 bits per heavy atom. The smallest absolute Gasteiger partial charge is 0.144 e. The third kappa shape index (κ3) is 4.00. The minimum absolute atomic E-state index is 0.314. The number of hydrogen-bond acceptors (Lipinski definition) is 0. The van der Waals surface area contributed by atoms with Gasteiger partial charge in [-0.05, 0) is 4.83 Å². The lowest BCUT2D eigenvalue weighted by Crippen LogP contribution is -1.62. The van der Waals surface area contributed by atoms with Crippen molar-refractivity contribution in [2.24, 2.45) is 0 Å². The summed E-state index contributed by atoms with van der Waals surface area (Å²) in [5.41, 5.74) is 0. The highest BCUT2D eigenvalue weighted by atomic mass is 79.9. The molecule has 1 nitrogen and oxygen atoms in total. The summed E-state index contributed by atoms with van der Waals surface area (Å²) in [4.78, 5) is 2.27. The van der Waals surface area contributed by atoms with Crippen molar-refractivity contribution in [1.29, 1.82) is 0 Å². The fourth-order valence-electron chi connectivity index (χ4n) is 0.0273. The average Bonchev–Trinajstić information content (AvgIpc) is 1.41. The lowest BCUT2D eigenvalue weighted by atomic mass is 10.8. The Bertz CT molecular complexity index is 59.0. The van der Waals surface area contributed by atoms with Gasteiger partial charge in [-0.3, -0.25) is 0 Å². The van der Waals surface area contributed by atoms with E-state index in [9.17, 15) is 5.11 Å². The van der Waals surface area contributed by atoms with Gasteiger partial charge in [-0.15, -0.1) is 0 Å². The van der Waals surface area contributed by atoms with Crippen LogP contribution in [0.5, 0.6) is 0 Å². The summed E-state index contributed by atoms with van der Waals surface area (Å²) in [5, 5.41) is 9.33. The molecule has 2 heteroatoms. The van der Waals surface area contributed by atoms with Crippen LogP contribution in [0, 0.1) is 10.8 Å². The highest BCUT2D eigenvalue weighted by Gasteiger charge is 1.53. The van der Waals surface area contributed by atoms with E-state index in [0.717, 1.165) is 0 Å². The number of rotatable bonds is 0. The Labute approximate surface area is 39.1 Å². The minimum atomic E-state index is -0.314. The second-order valence-electron chi connectivity index (χ2n) is 0.416. The van der Waals surface area contributed by atoms with Crippen molar-refractivity contribution in [2.45, 2.75) is 0 Å². The highest BCUT2D eigenvalue weighted by molar-refractivity contribution is 9.12. The Balaban J connectivity index is 2.81. The lowest BCUT2D eigenvalue weighted by molar-refractivity contribution is 0.239. The summed E-state index contributed by atoms with van der Waals surface area (Å²) < 4.78 is 0. The minimum Gasteiger partial charge on any atom is -0.223 e. The zero-order chi connectivity index (χ0) is 4.12. The van der Waals surface area contributed by atoms with Gasteiger partial charge in [0.2, 0.25) is 0 Å². The zero-order valence-electron chi connectivity index (χ0n) is 2.49. The van der Waals surface area contributed by atoms with E-state index >= 15 is 0 Å². The van der Waals surface area contributed by atoms with Crippen molar-refractivity contribution < 1.29 is 5.11 Å². The van der Waals surface area contributed by atoms with Gasteiger partial charge < -0.3 is 0 Å². The van der Waals surface area contributed by atoms with E-state index in [-0.39, 0.29) is 6.61 Å². The van der Waals surface area contributed by atoms with Crippen LogP contribution in [0.25, 0.3) is 0 Å². The maximum absolute atomic E-state index is 9.33. The van der Waals surface area contributed by atoms with Crippen molar-refractivity contribution in [3.8, 4) is 10.8 Å². The predicted octanol–water partition coefficient (Wildman–Crippen LogP) is 0.773. The van der Waals surface area contributed by atoms with E-state index < -0.39 is 0 Å². The van der Waals surface area contributed by atoms with E-state index in [0.29, 0.717) is 0 Å². The standard InChI is InChI=1S/C3H2BrO/c4-2-1-3-5/h3H2. The van der Waals surface area contributed by atoms with Crippen LogP contribution >= 0.6 is 15.9 Å². The first-order chi connectivity index (χ1) is 2.41. The summed E-state index contributed by atoms with van der Waals surface area (Å²) in [6, 6.07) is 0. The monoisotopic (exact) mass is 133 g/mol. The molecule has 0 saturated heterocycles. The molecule has 0 rings (SSSR count). The average molecular weight is 134 g/mol. The van der Waals surface area contributed by atoms with Crippen LogP contribution in [0.4, 0.5) is 0 Å². The third-order valence-corrected chi connectivity index (χ3v) is 0.419. The van der Waals surface area contributed by atoms with Gasteiger partial charge in [0.25, 0.3) is 0 Å². The highest BCUT2D eigenvalue weighted by Crippen LogP contribution is 1.64. The van der Waals surface area contributed by atoms with E-state index in [1.54, 1.807) is 0 Å². The molecule has 1 radical (unpaired) electrons. The molecule has 27 valence electrons. The van der Waals surface area contributed by atoms with Crippen LogP contribution < -0.4 is 0 Å². The van der Waals surface area contributed by atoms with Crippen molar-refractivity contribution in [1.82, 2.24) is 0 Å². The molecule has 0 atom stereocenters. The van der Waals surface area contributed by atoms with Crippen LogP contribution in [0.1, 0.15) is 0 Å². The number of hydrogen-bond donors (Lipinski definition) is 0. The Morgan fingerprint density at radius 2 is 2.40 bits per heavy atom. The van der Waals surface area contributed by atoms with Crippen LogP contribution in [0.3, 0.4) is 0 Å². The summed E-state index contributed by atoms with van der Waals surface area (Å²) >= 11 is 2.75. The summed E-state index contributed by atoms with van der Waals surface area (Å²) in [7, 11) is 0. The molecule has 0 aliphatic carbocycles. The van der Waals surface area contributed by atoms with Crippen LogP contribution in [0.15, 0.2) is 0 Å². The fraction of sp³-hybridized carbons (Fsp3) is 0.333.